The molecule has 0 radical (unpaired) electrons. The molecule has 1 aliphatic heterocycles. The highest BCUT2D eigenvalue weighted by Crippen LogP contribution is 2.38. The molecule has 2 aromatic heterocycles. The van der Waals surface area contributed by atoms with E-state index in [1.807, 2.05) is 12.1 Å². The van der Waals surface area contributed by atoms with Gasteiger partial charge in [-0.3, -0.25) is 14.9 Å². The number of nitrogens with one attached hydrogen (secondary N) is 2. The molecule has 4 aromatic rings. The number of hydrazine groups is 1. The van der Waals surface area contributed by atoms with Crippen molar-refractivity contribution in [3.63, 3.8) is 0 Å². The number of hydrogen-bond acceptors (Lipinski definition) is 10. The number of para-hydroxylation sites is 1. The van der Waals surface area contributed by atoms with Gasteiger partial charge in [-0.05, 0) is 43.4 Å². The molecule has 0 bridgehead atoms. The summed E-state index contributed by atoms with van der Waals surface area (Å²) in [5.74, 6) is -1.04. The molecule has 0 atom stereocenters. The van der Waals surface area contributed by atoms with Crippen LogP contribution in [0.1, 0.15) is 10.4 Å². The van der Waals surface area contributed by atoms with Crippen molar-refractivity contribution >= 4 is 38.2 Å². The lowest BCUT2D eigenvalue weighted by Gasteiger charge is -2.32. The summed E-state index contributed by atoms with van der Waals surface area (Å²) in [5.41, 5.74) is 8.73. The van der Waals surface area contributed by atoms with Crippen LogP contribution in [-0.4, -0.2) is 72.4 Å². The third-order valence-electron chi connectivity index (χ3n) is 6.39. The number of rotatable bonds is 8. The number of nitro benzene ring substituents is 1. The maximum atomic E-state index is 13.8. The van der Waals surface area contributed by atoms with E-state index in [2.05, 4.69) is 20.3 Å². The molecule has 0 saturated carbocycles. The molecular weight excluding hydrogens is 526 g/mol. The van der Waals surface area contributed by atoms with Crippen LogP contribution in [-0.2, 0) is 9.84 Å². The topological polar surface area (TPSA) is 177 Å². The van der Waals surface area contributed by atoms with E-state index in [1.54, 1.807) is 18.3 Å². The van der Waals surface area contributed by atoms with Crippen LogP contribution in [0.3, 0.4) is 0 Å². The fourth-order valence-corrected chi connectivity index (χ4v) is 5.68. The number of fused-ring (bicyclic) bond motifs is 1. The summed E-state index contributed by atoms with van der Waals surface area (Å²) in [4.78, 5) is 32.1. The number of piperazine rings is 1. The van der Waals surface area contributed by atoms with E-state index >= 15 is 0 Å². The van der Waals surface area contributed by atoms with Crippen LogP contribution in [0.4, 0.5) is 11.4 Å². The third-order valence-corrected chi connectivity index (χ3v) is 8.16. The van der Waals surface area contributed by atoms with Crippen LogP contribution in [0.25, 0.3) is 11.0 Å². The fourth-order valence-electron chi connectivity index (χ4n) is 4.26. The van der Waals surface area contributed by atoms with Gasteiger partial charge in [-0.15, -0.1) is 0 Å². The number of carbonyl (C=O) groups excluding carboxylic acids is 1. The van der Waals surface area contributed by atoms with E-state index in [-0.39, 0.29) is 32.5 Å². The molecule has 0 unspecified atom stereocenters. The number of pyridine rings is 1. The first-order valence-corrected chi connectivity index (χ1v) is 13.4. The van der Waals surface area contributed by atoms with E-state index in [1.165, 1.54) is 36.5 Å². The number of carbonyl (C=O) groups is 1. The largest absolute Gasteiger partial charge is 0.453 e. The molecular formula is C25H25N7O6S. The number of ether oxygens (including phenoxy) is 1. The molecule has 5 rings (SSSR count). The Labute approximate surface area is 223 Å². The summed E-state index contributed by atoms with van der Waals surface area (Å²) in [6.07, 6.45) is 3.06. The van der Waals surface area contributed by atoms with Gasteiger partial charge in [-0.1, -0.05) is 6.07 Å². The highest BCUT2D eigenvalue weighted by atomic mass is 32.2. The van der Waals surface area contributed by atoms with E-state index in [0.29, 0.717) is 24.1 Å². The second-order valence-electron chi connectivity index (χ2n) is 9.03. The first-order valence-electron chi connectivity index (χ1n) is 11.9. The number of aromatic amines is 1. The smallest absolute Gasteiger partial charge is 0.294 e. The number of H-pyrrole nitrogens is 1. The van der Waals surface area contributed by atoms with Gasteiger partial charge < -0.3 is 25.8 Å². The van der Waals surface area contributed by atoms with Crippen LogP contribution >= 0.6 is 0 Å². The van der Waals surface area contributed by atoms with Crippen molar-refractivity contribution in [2.45, 2.75) is 9.79 Å². The number of hydrogen-bond donors (Lipinski definition) is 3. The van der Waals surface area contributed by atoms with Crippen molar-refractivity contribution in [3.05, 3.63) is 76.6 Å². The van der Waals surface area contributed by atoms with Gasteiger partial charge in [0.25, 0.3) is 11.6 Å². The van der Waals surface area contributed by atoms with Crippen molar-refractivity contribution < 1.29 is 22.9 Å². The quantitative estimate of drug-likeness (QED) is 0.218. The number of primary amides is 1. The van der Waals surface area contributed by atoms with Crippen LogP contribution in [0.2, 0.25) is 0 Å². The number of aromatic nitrogens is 2. The lowest BCUT2D eigenvalue weighted by molar-refractivity contribution is -0.384. The molecule has 13 nitrogen and oxygen atoms in total. The minimum Gasteiger partial charge on any atom is -0.453 e. The molecule has 1 saturated heterocycles. The number of benzene rings is 2. The highest BCUT2D eigenvalue weighted by Gasteiger charge is 2.29. The molecule has 4 N–H and O–H groups in total. The Morgan fingerprint density at radius 3 is 2.64 bits per heavy atom. The molecule has 14 heteroatoms. The summed E-state index contributed by atoms with van der Waals surface area (Å²) in [5, 5.41) is 14.5. The molecule has 1 fully saturated rings. The zero-order valence-electron chi connectivity index (χ0n) is 20.8. The molecule has 1 amide bonds. The Morgan fingerprint density at radius 2 is 1.92 bits per heavy atom. The standard InChI is InChI=1S/C25H25N7O6S/c1-30-9-11-31(12-10-30)29-20-6-5-18(14-21(20)32(34)35)39(36,37)22-4-2-3-19(24(26)33)23(22)38-17-13-16-7-8-27-25(16)28-15-17/h2-8,13-15,29H,9-12H2,1H3,(H2,26,33)(H,27,28). The Hall–Kier alpha value is -4.53. The second-order valence-corrected chi connectivity index (χ2v) is 10.9. The van der Waals surface area contributed by atoms with E-state index < -0.39 is 26.4 Å². The average molecular weight is 552 g/mol. The molecule has 39 heavy (non-hydrogen) atoms. The number of likely N-dealkylation sites (N-methyl/N-ethyl adjacent to an activating group) is 1. The van der Waals surface area contributed by atoms with Crippen LogP contribution < -0.4 is 15.9 Å². The maximum Gasteiger partial charge on any atom is 0.294 e. The number of sulfone groups is 1. The van der Waals surface area contributed by atoms with Crippen molar-refractivity contribution in [1.29, 1.82) is 0 Å². The molecule has 202 valence electrons. The van der Waals surface area contributed by atoms with Crippen LogP contribution in [0, 0.1) is 10.1 Å². The first-order chi connectivity index (χ1) is 18.6. The summed E-state index contributed by atoms with van der Waals surface area (Å²) < 4.78 is 33.5. The summed E-state index contributed by atoms with van der Waals surface area (Å²) in [6.45, 7) is 2.83. The molecule has 0 aliphatic carbocycles. The second kappa shape index (κ2) is 10.3. The maximum absolute atomic E-state index is 13.8. The van der Waals surface area contributed by atoms with Gasteiger partial charge in [0.15, 0.2) is 5.75 Å². The van der Waals surface area contributed by atoms with Crippen LogP contribution in [0.15, 0.2) is 70.7 Å². The normalized spacial score (nSPS) is 14.8. The lowest BCUT2D eigenvalue weighted by atomic mass is 10.2. The molecule has 1 aliphatic rings. The van der Waals surface area contributed by atoms with Crippen molar-refractivity contribution in [2.24, 2.45) is 5.73 Å². The Balaban J connectivity index is 1.54. The number of nitrogens with two attached hydrogens (primary N) is 1. The molecule has 0 spiro atoms. The predicted octanol–water partition coefficient (Wildman–Crippen LogP) is 2.77. The Morgan fingerprint density at radius 1 is 1.15 bits per heavy atom. The summed E-state index contributed by atoms with van der Waals surface area (Å²) >= 11 is 0. The van der Waals surface area contributed by atoms with E-state index in [9.17, 15) is 23.3 Å². The van der Waals surface area contributed by atoms with E-state index in [0.717, 1.165) is 19.2 Å². The highest BCUT2D eigenvalue weighted by molar-refractivity contribution is 7.91. The number of nitro groups is 1. The van der Waals surface area contributed by atoms with E-state index in [4.69, 9.17) is 10.5 Å². The van der Waals surface area contributed by atoms with Gasteiger partial charge in [0.1, 0.15) is 22.0 Å². The Kier molecular flexibility index (Phi) is 6.91. The third kappa shape index (κ3) is 5.25. The van der Waals surface area contributed by atoms with Crippen molar-refractivity contribution in [2.75, 3.05) is 38.7 Å². The predicted molar refractivity (Wildman–Crippen MR) is 142 cm³/mol. The fraction of sp³-hybridized carbons (Fsp3) is 0.200. The SMILES string of the molecule is CN1CCN(Nc2ccc(S(=O)(=O)c3cccc(C(N)=O)c3Oc3cnc4[nH]ccc4c3)cc2[N+](=O)[O-])CC1. The Bertz CT molecular complexity index is 1680. The number of nitrogens with zero attached hydrogens (tertiary/aromatic N) is 4. The number of amides is 1. The van der Waals surface area contributed by atoms with Crippen molar-refractivity contribution in [1.82, 2.24) is 19.9 Å². The van der Waals surface area contributed by atoms with Gasteiger partial charge >= 0.3 is 0 Å². The zero-order chi connectivity index (χ0) is 27.7. The van der Waals surface area contributed by atoms with Gasteiger partial charge in [-0.25, -0.2) is 18.4 Å². The number of anilines is 1. The minimum absolute atomic E-state index is 0.164. The zero-order valence-corrected chi connectivity index (χ0v) is 21.6. The first kappa shape index (κ1) is 26.1. The minimum atomic E-state index is -4.40. The molecule has 3 heterocycles. The summed E-state index contributed by atoms with van der Waals surface area (Å²) in [7, 11) is -2.42. The summed E-state index contributed by atoms with van der Waals surface area (Å²) in [6, 6.07) is 10.9. The van der Waals surface area contributed by atoms with Gasteiger partial charge in [-0.2, -0.15) is 0 Å². The van der Waals surface area contributed by atoms with Crippen LogP contribution in [0.5, 0.6) is 11.5 Å². The van der Waals surface area contributed by atoms with Gasteiger partial charge in [0.05, 0.1) is 21.6 Å². The van der Waals surface area contributed by atoms with Crippen molar-refractivity contribution in [3.8, 4) is 11.5 Å². The van der Waals surface area contributed by atoms with Gasteiger partial charge in [0.2, 0.25) is 9.84 Å². The molecule has 2 aromatic carbocycles. The monoisotopic (exact) mass is 551 g/mol. The lowest BCUT2D eigenvalue weighted by Crippen LogP contribution is -2.47. The van der Waals surface area contributed by atoms with Gasteiger partial charge in [0, 0.05) is 43.8 Å². The average Bonchev–Trinajstić information content (AvgIpc) is 3.38.